The van der Waals surface area contributed by atoms with Crippen LogP contribution in [0.15, 0.2) is 18.2 Å². The van der Waals surface area contributed by atoms with Crippen molar-refractivity contribution in [3.8, 4) is 0 Å². The highest BCUT2D eigenvalue weighted by Gasteiger charge is 2.35. The highest BCUT2D eigenvalue weighted by molar-refractivity contribution is 5.39. The SMILES string of the molecule is CCCCCCCCCC1(O)CCc2ccc(C)cc21. The fourth-order valence-electron chi connectivity index (χ4n) is 3.45. The molecule has 0 bridgehead atoms. The van der Waals surface area contributed by atoms with Gasteiger partial charge in [-0.15, -0.1) is 0 Å². The summed E-state index contributed by atoms with van der Waals surface area (Å²) in [6, 6.07) is 6.56. The molecule has 0 spiro atoms. The molecule has 0 aromatic heterocycles. The standard InChI is InChI=1S/C19H30O/c1-3-4-5-6-7-8-9-13-19(20)14-12-17-11-10-16(2)15-18(17)19/h10-11,15,20H,3-9,12-14H2,1-2H3. The van der Waals surface area contributed by atoms with E-state index in [9.17, 15) is 5.11 Å². The van der Waals surface area contributed by atoms with Crippen LogP contribution in [0.25, 0.3) is 0 Å². The molecule has 2 rings (SSSR count). The van der Waals surface area contributed by atoms with E-state index in [-0.39, 0.29) is 0 Å². The lowest BCUT2D eigenvalue weighted by molar-refractivity contribution is 0.0267. The number of hydrogen-bond acceptors (Lipinski definition) is 1. The van der Waals surface area contributed by atoms with Gasteiger partial charge in [-0.3, -0.25) is 0 Å². The Balaban J connectivity index is 1.78. The number of unbranched alkanes of at least 4 members (excludes halogenated alkanes) is 6. The number of fused-ring (bicyclic) bond motifs is 1. The van der Waals surface area contributed by atoms with E-state index in [1.807, 2.05) is 0 Å². The first-order valence-corrected chi connectivity index (χ1v) is 8.48. The Morgan fingerprint density at radius 1 is 1.05 bits per heavy atom. The van der Waals surface area contributed by atoms with E-state index < -0.39 is 5.60 Å². The largest absolute Gasteiger partial charge is 0.385 e. The molecule has 0 saturated heterocycles. The summed E-state index contributed by atoms with van der Waals surface area (Å²) in [4.78, 5) is 0. The Kier molecular flexibility index (Phi) is 5.65. The highest BCUT2D eigenvalue weighted by atomic mass is 16.3. The van der Waals surface area contributed by atoms with E-state index in [4.69, 9.17) is 0 Å². The average Bonchev–Trinajstić information content (AvgIpc) is 2.76. The molecule has 1 aliphatic carbocycles. The van der Waals surface area contributed by atoms with Gasteiger partial charge >= 0.3 is 0 Å². The van der Waals surface area contributed by atoms with E-state index in [0.29, 0.717) is 0 Å². The first-order valence-electron chi connectivity index (χ1n) is 8.48. The summed E-state index contributed by atoms with van der Waals surface area (Å²) in [7, 11) is 0. The maximum atomic E-state index is 10.9. The summed E-state index contributed by atoms with van der Waals surface area (Å²) in [5.41, 5.74) is 3.30. The predicted molar refractivity (Wildman–Crippen MR) is 86.0 cm³/mol. The lowest BCUT2D eigenvalue weighted by Crippen LogP contribution is -2.22. The third kappa shape index (κ3) is 3.85. The molecule has 0 heterocycles. The summed E-state index contributed by atoms with van der Waals surface area (Å²) in [5, 5.41) is 10.9. The lowest BCUT2D eigenvalue weighted by atomic mass is 9.89. The van der Waals surface area contributed by atoms with E-state index in [0.717, 1.165) is 25.7 Å². The van der Waals surface area contributed by atoms with E-state index in [1.165, 1.54) is 55.2 Å². The van der Waals surface area contributed by atoms with Gasteiger partial charge in [-0.05, 0) is 37.3 Å². The second-order valence-corrected chi connectivity index (χ2v) is 6.56. The summed E-state index contributed by atoms with van der Waals surface area (Å²) in [6.07, 6.45) is 12.1. The zero-order chi connectivity index (χ0) is 14.4. The van der Waals surface area contributed by atoms with Gasteiger partial charge in [-0.25, -0.2) is 0 Å². The number of aryl methyl sites for hydroxylation is 2. The monoisotopic (exact) mass is 274 g/mol. The van der Waals surface area contributed by atoms with Gasteiger partial charge in [0.15, 0.2) is 0 Å². The van der Waals surface area contributed by atoms with Crippen molar-refractivity contribution in [1.29, 1.82) is 0 Å². The second kappa shape index (κ2) is 7.26. The summed E-state index contributed by atoms with van der Waals surface area (Å²) < 4.78 is 0. The summed E-state index contributed by atoms with van der Waals surface area (Å²) in [6.45, 7) is 4.38. The van der Waals surface area contributed by atoms with Crippen molar-refractivity contribution in [2.45, 2.75) is 83.7 Å². The minimum Gasteiger partial charge on any atom is -0.385 e. The zero-order valence-electron chi connectivity index (χ0n) is 13.3. The van der Waals surface area contributed by atoms with Crippen LogP contribution in [-0.2, 0) is 12.0 Å². The van der Waals surface area contributed by atoms with Gasteiger partial charge in [0.1, 0.15) is 0 Å². The van der Waals surface area contributed by atoms with Crippen LogP contribution in [-0.4, -0.2) is 5.11 Å². The zero-order valence-corrected chi connectivity index (χ0v) is 13.3. The molecule has 112 valence electrons. The fraction of sp³-hybridized carbons (Fsp3) is 0.684. The quantitative estimate of drug-likeness (QED) is 0.640. The smallest absolute Gasteiger partial charge is 0.0902 e. The maximum absolute atomic E-state index is 10.9. The number of rotatable bonds is 8. The average molecular weight is 274 g/mol. The van der Waals surface area contributed by atoms with E-state index in [2.05, 4.69) is 32.0 Å². The van der Waals surface area contributed by atoms with Gasteiger partial charge in [-0.1, -0.05) is 75.6 Å². The minimum absolute atomic E-state index is 0.537. The van der Waals surface area contributed by atoms with Crippen LogP contribution in [0, 0.1) is 6.92 Å². The Bertz CT molecular complexity index is 424. The first kappa shape index (κ1) is 15.6. The van der Waals surface area contributed by atoms with Crippen LogP contribution in [0.3, 0.4) is 0 Å². The van der Waals surface area contributed by atoms with Gasteiger partial charge in [0.25, 0.3) is 0 Å². The van der Waals surface area contributed by atoms with E-state index in [1.54, 1.807) is 0 Å². The maximum Gasteiger partial charge on any atom is 0.0902 e. The van der Waals surface area contributed by atoms with Crippen molar-refractivity contribution in [2.24, 2.45) is 0 Å². The molecule has 1 aliphatic rings. The van der Waals surface area contributed by atoms with Crippen molar-refractivity contribution in [2.75, 3.05) is 0 Å². The molecule has 1 N–H and O–H groups in total. The lowest BCUT2D eigenvalue weighted by Gasteiger charge is -2.24. The van der Waals surface area contributed by atoms with Gasteiger partial charge in [-0.2, -0.15) is 0 Å². The fourth-order valence-corrected chi connectivity index (χ4v) is 3.45. The molecule has 1 aromatic carbocycles. The molecule has 1 atom stereocenters. The highest BCUT2D eigenvalue weighted by Crippen LogP contribution is 2.40. The molecule has 0 fully saturated rings. The molecule has 0 amide bonds. The molecule has 1 unspecified atom stereocenters. The van der Waals surface area contributed by atoms with Crippen LogP contribution in [0.4, 0.5) is 0 Å². The summed E-state index contributed by atoms with van der Waals surface area (Å²) in [5.74, 6) is 0. The second-order valence-electron chi connectivity index (χ2n) is 6.56. The Morgan fingerprint density at radius 3 is 2.50 bits per heavy atom. The van der Waals surface area contributed by atoms with Crippen LogP contribution in [0.1, 0.15) is 81.4 Å². The molecular weight excluding hydrogens is 244 g/mol. The van der Waals surface area contributed by atoms with Crippen molar-refractivity contribution >= 4 is 0 Å². The van der Waals surface area contributed by atoms with Crippen molar-refractivity contribution < 1.29 is 5.11 Å². The van der Waals surface area contributed by atoms with Crippen molar-refractivity contribution in [3.63, 3.8) is 0 Å². The molecule has 0 saturated carbocycles. The first-order chi connectivity index (χ1) is 9.65. The molecule has 1 nitrogen and oxygen atoms in total. The molecule has 0 aliphatic heterocycles. The van der Waals surface area contributed by atoms with E-state index >= 15 is 0 Å². The van der Waals surface area contributed by atoms with Gasteiger partial charge < -0.3 is 5.11 Å². The number of aliphatic hydroxyl groups is 1. The Morgan fingerprint density at radius 2 is 1.75 bits per heavy atom. The van der Waals surface area contributed by atoms with Gasteiger partial charge in [0.2, 0.25) is 0 Å². The van der Waals surface area contributed by atoms with Crippen LogP contribution in [0.2, 0.25) is 0 Å². The molecule has 1 heteroatoms. The molecular formula is C19H30O. The summed E-state index contributed by atoms with van der Waals surface area (Å²) >= 11 is 0. The van der Waals surface area contributed by atoms with Crippen molar-refractivity contribution in [3.05, 3.63) is 34.9 Å². The predicted octanol–water partition coefficient (Wildman–Crippen LogP) is 5.27. The number of benzene rings is 1. The van der Waals surface area contributed by atoms with Gasteiger partial charge in [0, 0.05) is 0 Å². The van der Waals surface area contributed by atoms with Gasteiger partial charge in [0.05, 0.1) is 5.60 Å². The topological polar surface area (TPSA) is 20.2 Å². The third-order valence-corrected chi connectivity index (χ3v) is 4.77. The Labute approximate surface area is 124 Å². The Hall–Kier alpha value is -0.820. The minimum atomic E-state index is -0.537. The third-order valence-electron chi connectivity index (χ3n) is 4.77. The molecule has 20 heavy (non-hydrogen) atoms. The van der Waals surface area contributed by atoms with Crippen LogP contribution >= 0.6 is 0 Å². The molecule has 0 radical (unpaired) electrons. The van der Waals surface area contributed by atoms with Crippen LogP contribution < -0.4 is 0 Å². The molecule has 1 aromatic rings. The number of hydrogen-bond donors (Lipinski definition) is 1. The van der Waals surface area contributed by atoms with Crippen molar-refractivity contribution in [1.82, 2.24) is 0 Å². The normalized spacial score (nSPS) is 21.1. The van der Waals surface area contributed by atoms with Crippen LogP contribution in [0.5, 0.6) is 0 Å².